The molecule has 0 radical (unpaired) electrons. The van der Waals surface area contributed by atoms with Gasteiger partial charge in [-0.15, -0.1) is 0 Å². The van der Waals surface area contributed by atoms with Crippen LogP contribution in [0.3, 0.4) is 0 Å². The Balaban J connectivity index is 2.48. The molecule has 0 bridgehead atoms. The number of methoxy groups -OCH3 is 1. The van der Waals surface area contributed by atoms with Crippen molar-refractivity contribution in [3.8, 4) is 5.75 Å². The summed E-state index contributed by atoms with van der Waals surface area (Å²) in [5.41, 5.74) is 7.26. The Bertz CT molecular complexity index is 321. The topological polar surface area (TPSA) is 47.3 Å². The highest BCUT2D eigenvalue weighted by Crippen LogP contribution is 2.17. The van der Waals surface area contributed by atoms with Crippen molar-refractivity contribution in [1.82, 2.24) is 5.32 Å². The van der Waals surface area contributed by atoms with Gasteiger partial charge in [0.25, 0.3) is 0 Å². The van der Waals surface area contributed by atoms with Crippen molar-refractivity contribution in [3.63, 3.8) is 0 Å². The van der Waals surface area contributed by atoms with Crippen LogP contribution in [0.15, 0.2) is 24.3 Å². The fraction of sp³-hybridized carbons (Fsp3) is 0.571. The maximum Gasteiger partial charge on any atom is 0.118 e. The van der Waals surface area contributed by atoms with Crippen molar-refractivity contribution in [3.05, 3.63) is 29.8 Å². The highest BCUT2D eigenvalue weighted by Gasteiger charge is 2.10. The molecule has 0 amide bonds. The molecular weight excluding hydrogens is 212 g/mol. The molecule has 0 saturated carbocycles. The maximum absolute atomic E-state index is 6.01. The zero-order valence-corrected chi connectivity index (χ0v) is 11.2. The van der Waals surface area contributed by atoms with Gasteiger partial charge >= 0.3 is 0 Å². The molecule has 0 saturated heterocycles. The molecule has 1 aromatic rings. The maximum atomic E-state index is 6.01. The van der Waals surface area contributed by atoms with E-state index in [9.17, 15) is 0 Å². The van der Waals surface area contributed by atoms with E-state index < -0.39 is 0 Å². The van der Waals surface area contributed by atoms with Crippen molar-refractivity contribution in [2.75, 3.05) is 13.7 Å². The molecule has 3 heteroatoms. The summed E-state index contributed by atoms with van der Waals surface area (Å²) in [7, 11) is 1.68. The lowest BCUT2D eigenvalue weighted by Crippen LogP contribution is -2.38. The lowest BCUT2D eigenvalue weighted by Gasteiger charge is -2.20. The standard InChI is InChI=1S/C14H24N2O/c1-10(2)14(15)9-16-11(3)12-5-7-13(17-4)8-6-12/h5-8,10-11,14,16H,9,15H2,1-4H3. The molecule has 2 atom stereocenters. The number of ether oxygens (including phenoxy) is 1. The molecule has 0 fully saturated rings. The molecule has 0 aliphatic rings. The van der Waals surface area contributed by atoms with E-state index in [0.717, 1.165) is 12.3 Å². The van der Waals surface area contributed by atoms with E-state index in [-0.39, 0.29) is 6.04 Å². The van der Waals surface area contributed by atoms with Crippen LogP contribution in [-0.4, -0.2) is 19.7 Å². The molecule has 17 heavy (non-hydrogen) atoms. The number of hydrogen-bond acceptors (Lipinski definition) is 3. The zero-order chi connectivity index (χ0) is 12.8. The van der Waals surface area contributed by atoms with Gasteiger partial charge in [0.1, 0.15) is 5.75 Å². The molecular formula is C14H24N2O. The highest BCUT2D eigenvalue weighted by molar-refractivity contribution is 5.28. The number of nitrogens with one attached hydrogen (secondary N) is 1. The molecule has 1 rings (SSSR count). The Labute approximate surface area is 104 Å². The van der Waals surface area contributed by atoms with E-state index in [2.05, 4.69) is 38.2 Å². The van der Waals surface area contributed by atoms with Gasteiger partial charge in [-0.25, -0.2) is 0 Å². The van der Waals surface area contributed by atoms with Crippen molar-refractivity contribution in [2.45, 2.75) is 32.9 Å². The quantitative estimate of drug-likeness (QED) is 0.797. The first-order chi connectivity index (χ1) is 8.04. The summed E-state index contributed by atoms with van der Waals surface area (Å²) < 4.78 is 5.14. The second-order valence-electron chi connectivity index (χ2n) is 4.81. The third-order valence-corrected chi connectivity index (χ3v) is 3.13. The Morgan fingerprint density at radius 2 is 1.76 bits per heavy atom. The summed E-state index contributed by atoms with van der Waals surface area (Å²) in [5, 5.41) is 3.45. The molecule has 0 aliphatic carbocycles. The minimum absolute atomic E-state index is 0.204. The van der Waals surface area contributed by atoms with Gasteiger partial charge in [0.05, 0.1) is 7.11 Å². The van der Waals surface area contributed by atoms with E-state index in [4.69, 9.17) is 10.5 Å². The minimum Gasteiger partial charge on any atom is -0.497 e. The van der Waals surface area contributed by atoms with Crippen LogP contribution in [-0.2, 0) is 0 Å². The van der Waals surface area contributed by atoms with Crippen LogP contribution in [0.25, 0.3) is 0 Å². The average Bonchev–Trinajstić information content (AvgIpc) is 2.35. The summed E-state index contributed by atoms with van der Waals surface area (Å²) in [6, 6.07) is 8.64. The SMILES string of the molecule is COc1ccc(C(C)NCC(N)C(C)C)cc1. The molecule has 96 valence electrons. The summed E-state index contributed by atoms with van der Waals surface area (Å²) in [4.78, 5) is 0. The normalized spacial score (nSPS) is 14.7. The number of rotatable bonds is 6. The number of hydrogen-bond donors (Lipinski definition) is 2. The fourth-order valence-electron chi connectivity index (χ4n) is 1.56. The Morgan fingerprint density at radius 3 is 2.24 bits per heavy atom. The van der Waals surface area contributed by atoms with Crippen LogP contribution in [0.2, 0.25) is 0 Å². The first kappa shape index (κ1) is 14.0. The lowest BCUT2D eigenvalue weighted by molar-refractivity contribution is 0.413. The molecule has 3 N–H and O–H groups in total. The molecule has 0 aromatic heterocycles. The van der Waals surface area contributed by atoms with Gasteiger partial charge in [0, 0.05) is 18.6 Å². The second-order valence-corrected chi connectivity index (χ2v) is 4.81. The van der Waals surface area contributed by atoms with Gasteiger partial charge in [-0.05, 0) is 30.5 Å². The van der Waals surface area contributed by atoms with Crippen LogP contribution >= 0.6 is 0 Å². The van der Waals surface area contributed by atoms with Gasteiger partial charge < -0.3 is 15.8 Å². The first-order valence-electron chi connectivity index (χ1n) is 6.17. The van der Waals surface area contributed by atoms with Gasteiger partial charge in [-0.3, -0.25) is 0 Å². The van der Waals surface area contributed by atoms with Crippen molar-refractivity contribution < 1.29 is 4.74 Å². The van der Waals surface area contributed by atoms with Crippen LogP contribution in [0, 0.1) is 5.92 Å². The first-order valence-corrected chi connectivity index (χ1v) is 6.17. The van der Waals surface area contributed by atoms with E-state index in [0.29, 0.717) is 12.0 Å². The van der Waals surface area contributed by atoms with Gasteiger partial charge in [-0.2, -0.15) is 0 Å². The largest absolute Gasteiger partial charge is 0.497 e. The minimum atomic E-state index is 0.204. The predicted octanol–water partition coefficient (Wildman–Crippen LogP) is 2.33. The molecule has 0 aliphatic heterocycles. The smallest absolute Gasteiger partial charge is 0.118 e. The summed E-state index contributed by atoms with van der Waals surface area (Å²) in [5.74, 6) is 1.39. The third kappa shape index (κ3) is 4.36. The molecule has 3 nitrogen and oxygen atoms in total. The van der Waals surface area contributed by atoms with Gasteiger partial charge in [0.2, 0.25) is 0 Å². The van der Waals surface area contributed by atoms with Crippen molar-refractivity contribution >= 4 is 0 Å². The van der Waals surface area contributed by atoms with E-state index in [1.165, 1.54) is 5.56 Å². The number of nitrogens with two attached hydrogens (primary N) is 1. The van der Waals surface area contributed by atoms with Crippen LogP contribution in [0.4, 0.5) is 0 Å². The zero-order valence-electron chi connectivity index (χ0n) is 11.2. The fourth-order valence-corrected chi connectivity index (χ4v) is 1.56. The molecule has 1 aromatic carbocycles. The van der Waals surface area contributed by atoms with E-state index in [1.54, 1.807) is 7.11 Å². The Kier molecular flexibility index (Phi) is 5.45. The Morgan fingerprint density at radius 1 is 1.18 bits per heavy atom. The van der Waals surface area contributed by atoms with Gasteiger partial charge in [-0.1, -0.05) is 26.0 Å². The van der Waals surface area contributed by atoms with Gasteiger partial charge in [0.15, 0.2) is 0 Å². The van der Waals surface area contributed by atoms with Crippen molar-refractivity contribution in [2.24, 2.45) is 11.7 Å². The summed E-state index contributed by atoms with van der Waals surface area (Å²) in [6.07, 6.45) is 0. The molecule has 2 unspecified atom stereocenters. The van der Waals surface area contributed by atoms with Crippen LogP contribution in [0.1, 0.15) is 32.4 Å². The third-order valence-electron chi connectivity index (χ3n) is 3.13. The molecule has 0 heterocycles. The highest BCUT2D eigenvalue weighted by atomic mass is 16.5. The lowest BCUT2D eigenvalue weighted by atomic mass is 10.0. The Hall–Kier alpha value is -1.06. The monoisotopic (exact) mass is 236 g/mol. The van der Waals surface area contributed by atoms with E-state index >= 15 is 0 Å². The second kappa shape index (κ2) is 6.62. The summed E-state index contributed by atoms with van der Waals surface area (Å²) in [6.45, 7) is 7.27. The summed E-state index contributed by atoms with van der Waals surface area (Å²) >= 11 is 0. The number of benzene rings is 1. The van der Waals surface area contributed by atoms with E-state index in [1.807, 2.05) is 12.1 Å². The van der Waals surface area contributed by atoms with Crippen LogP contribution < -0.4 is 15.8 Å². The van der Waals surface area contributed by atoms with Crippen molar-refractivity contribution in [1.29, 1.82) is 0 Å². The predicted molar refractivity (Wildman–Crippen MR) is 72.2 cm³/mol. The average molecular weight is 236 g/mol. The molecule has 0 spiro atoms. The van der Waals surface area contributed by atoms with Crippen LogP contribution in [0.5, 0.6) is 5.75 Å².